The van der Waals surface area contributed by atoms with Crippen LogP contribution in [-0.4, -0.2) is 43.2 Å². The van der Waals surface area contributed by atoms with Gasteiger partial charge in [-0.25, -0.2) is 0 Å². The highest BCUT2D eigenvalue weighted by molar-refractivity contribution is 6.02. The van der Waals surface area contributed by atoms with E-state index in [4.69, 9.17) is 9.47 Å². The number of amidine groups is 1. The van der Waals surface area contributed by atoms with Gasteiger partial charge in [0.05, 0.1) is 32.4 Å². The average Bonchev–Trinajstić information content (AvgIpc) is 2.61. The Morgan fingerprint density at radius 3 is 2.67 bits per heavy atom. The molecule has 2 atom stereocenters. The quantitative estimate of drug-likeness (QED) is 0.799. The number of fused-ring (bicyclic) bond motifs is 1. The first-order chi connectivity index (χ1) is 11.6. The second-order valence-corrected chi connectivity index (χ2v) is 5.47. The molecule has 1 aliphatic heterocycles. The van der Waals surface area contributed by atoms with E-state index >= 15 is 0 Å². The summed E-state index contributed by atoms with van der Waals surface area (Å²) >= 11 is 0. The third kappa shape index (κ3) is 2.95. The van der Waals surface area contributed by atoms with Gasteiger partial charge in [-0.15, -0.1) is 0 Å². The molecule has 0 saturated heterocycles. The predicted octanol–water partition coefficient (Wildman–Crippen LogP) is 2.41. The van der Waals surface area contributed by atoms with Gasteiger partial charge in [0.25, 0.3) is 5.91 Å². The minimum absolute atomic E-state index is 0.0789. The summed E-state index contributed by atoms with van der Waals surface area (Å²) in [7, 11) is 3.16. The van der Waals surface area contributed by atoms with Crippen LogP contribution in [0.2, 0.25) is 0 Å². The van der Waals surface area contributed by atoms with Gasteiger partial charge in [0.1, 0.15) is 5.84 Å². The van der Waals surface area contributed by atoms with E-state index in [1.807, 2.05) is 30.4 Å². The van der Waals surface area contributed by atoms with Crippen molar-refractivity contribution in [1.29, 1.82) is 0 Å². The second kappa shape index (κ2) is 6.70. The SMILES string of the molecule is COc1ccc(C=NN2C(=O)[C@@H]3C=CC=C[C@@H]3N=C2C)cc1OC. The zero-order chi connectivity index (χ0) is 17.1. The second-order valence-electron chi connectivity index (χ2n) is 5.47. The van der Waals surface area contributed by atoms with Gasteiger partial charge in [-0.05, 0) is 30.7 Å². The van der Waals surface area contributed by atoms with Crippen LogP contribution in [0.3, 0.4) is 0 Å². The molecule has 0 N–H and O–H groups in total. The number of methoxy groups -OCH3 is 2. The topological polar surface area (TPSA) is 63.5 Å². The van der Waals surface area contributed by atoms with Crippen LogP contribution in [-0.2, 0) is 4.79 Å². The van der Waals surface area contributed by atoms with Gasteiger partial charge >= 0.3 is 0 Å². The van der Waals surface area contributed by atoms with Crippen molar-refractivity contribution in [1.82, 2.24) is 5.01 Å². The molecule has 0 saturated carbocycles. The summed E-state index contributed by atoms with van der Waals surface area (Å²) in [6.07, 6.45) is 9.18. The summed E-state index contributed by atoms with van der Waals surface area (Å²) in [4.78, 5) is 17.2. The first-order valence-corrected chi connectivity index (χ1v) is 7.63. The predicted molar refractivity (Wildman–Crippen MR) is 92.7 cm³/mol. The van der Waals surface area contributed by atoms with E-state index < -0.39 is 0 Å². The van der Waals surface area contributed by atoms with E-state index in [0.717, 1.165) is 5.56 Å². The maximum atomic E-state index is 12.6. The summed E-state index contributed by atoms with van der Waals surface area (Å²) in [5.41, 5.74) is 0.800. The largest absolute Gasteiger partial charge is 0.493 e. The van der Waals surface area contributed by atoms with Crippen LogP contribution < -0.4 is 9.47 Å². The number of ether oxygens (including phenoxy) is 2. The number of nitrogens with zero attached hydrogens (tertiary/aromatic N) is 3. The fraction of sp³-hybridized carbons (Fsp3) is 0.278. The van der Waals surface area contributed by atoms with Crippen molar-refractivity contribution in [2.24, 2.45) is 16.0 Å². The number of carbonyl (C=O) groups excluding carboxylic acids is 1. The van der Waals surface area contributed by atoms with Gasteiger partial charge in [0.15, 0.2) is 11.5 Å². The van der Waals surface area contributed by atoms with Crippen LogP contribution in [0.25, 0.3) is 0 Å². The van der Waals surface area contributed by atoms with E-state index in [1.165, 1.54) is 5.01 Å². The minimum atomic E-state index is -0.291. The number of hydrogen-bond acceptors (Lipinski definition) is 5. The molecule has 0 spiro atoms. The zero-order valence-electron chi connectivity index (χ0n) is 13.8. The Bertz CT molecular complexity index is 765. The Labute approximate surface area is 140 Å². The fourth-order valence-electron chi connectivity index (χ4n) is 2.72. The van der Waals surface area contributed by atoms with Crippen molar-refractivity contribution in [3.63, 3.8) is 0 Å². The molecular formula is C18H19N3O3. The summed E-state index contributed by atoms with van der Waals surface area (Å²) in [5.74, 6) is 1.46. The van der Waals surface area contributed by atoms with Crippen LogP contribution >= 0.6 is 0 Å². The Morgan fingerprint density at radius 1 is 1.17 bits per heavy atom. The molecule has 6 heteroatoms. The van der Waals surface area contributed by atoms with E-state index in [-0.39, 0.29) is 17.9 Å². The molecule has 0 bridgehead atoms. The number of allylic oxidation sites excluding steroid dienone is 2. The van der Waals surface area contributed by atoms with Crippen molar-refractivity contribution in [2.75, 3.05) is 14.2 Å². The standard InChI is InChI=1S/C18H19N3O3/c1-12-20-15-7-5-4-6-14(15)18(22)21(12)19-11-13-8-9-16(23-2)17(10-13)24-3/h4-11,14-15H,1-3H3/t14-,15+/m1/s1. The summed E-state index contributed by atoms with van der Waals surface area (Å²) in [6, 6.07) is 5.31. The van der Waals surface area contributed by atoms with E-state index in [0.29, 0.717) is 17.3 Å². The third-order valence-corrected chi connectivity index (χ3v) is 3.97. The van der Waals surface area contributed by atoms with E-state index in [1.54, 1.807) is 39.5 Å². The van der Waals surface area contributed by atoms with Gasteiger partial charge in [0, 0.05) is 0 Å². The summed E-state index contributed by atoms with van der Waals surface area (Å²) in [6.45, 7) is 1.78. The Kier molecular flexibility index (Phi) is 4.46. The maximum absolute atomic E-state index is 12.6. The lowest BCUT2D eigenvalue weighted by Gasteiger charge is -2.30. The van der Waals surface area contributed by atoms with Gasteiger partial charge in [-0.1, -0.05) is 24.3 Å². The number of amides is 1. The van der Waals surface area contributed by atoms with Crippen LogP contribution in [0, 0.1) is 5.92 Å². The highest BCUT2D eigenvalue weighted by atomic mass is 16.5. The molecule has 6 nitrogen and oxygen atoms in total. The van der Waals surface area contributed by atoms with Gasteiger partial charge in [0.2, 0.25) is 0 Å². The highest BCUT2D eigenvalue weighted by Crippen LogP contribution is 2.27. The van der Waals surface area contributed by atoms with Crippen molar-refractivity contribution < 1.29 is 14.3 Å². The molecule has 0 radical (unpaired) electrons. The molecule has 1 aromatic rings. The van der Waals surface area contributed by atoms with Crippen LogP contribution in [0.4, 0.5) is 0 Å². The molecule has 2 aliphatic rings. The molecule has 0 aromatic heterocycles. The molecular weight excluding hydrogens is 306 g/mol. The molecule has 1 heterocycles. The lowest BCUT2D eigenvalue weighted by Crippen LogP contribution is -2.44. The molecule has 0 unspecified atom stereocenters. The molecule has 1 amide bonds. The Hall–Kier alpha value is -2.89. The summed E-state index contributed by atoms with van der Waals surface area (Å²) in [5, 5.41) is 5.66. The Morgan fingerprint density at radius 2 is 1.92 bits per heavy atom. The number of carbonyl (C=O) groups is 1. The first kappa shape index (κ1) is 16.0. The molecule has 1 aliphatic carbocycles. The first-order valence-electron chi connectivity index (χ1n) is 7.63. The smallest absolute Gasteiger partial charge is 0.257 e. The maximum Gasteiger partial charge on any atom is 0.257 e. The number of rotatable bonds is 4. The monoisotopic (exact) mass is 325 g/mol. The number of aliphatic imine (C=N–C) groups is 1. The van der Waals surface area contributed by atoms with Crippen molar-refractivity contribution >= 4 is 18.0 Å². The van der Waals surface area contributed by atoms with E-state index in [2.05, 4.69) is 10.1 Å². The minimum Gasteiger partial charge on any atom is -0.493 e. The van der Waals surface area contributed by atoms with Gasteiger partial charge in [-0.2, -0.15) is 10.1 Å². The fourth-order valence-corrected chi connectivity index (χ4v) is 2.72. The van der Waals surface area contributed by atoms with Crippen LogP contribution in [0.1, 0.15) is 12.5 Å². The van der Waals surface area contributed by atoms with Gasteiger partial charge in [-0.3, -0.25) is 9.79 Å². The molecule has 0 fully saturated rings. The normalized spacial score (nSPS) is 22.5. The van der Waals surface area contributed by atoms with Crippen molar-refractivity contribution in [3.8, 4) is 11.5 Å². The number of hydrogen-bond donors (Lipinski definition) is 0. The Balaban J connectivity index is 1.85. The van der Waals surface area contributed by atoms with Gasteiger partial charge < -0.3 is 9.47 Å². The average molecular weight is 325 g/mol. The van der Waals surface area contributed by atoms with Crippen molar-refractivity contribution in [3.05, 3.63) is 48.1 Å². The zero-order valence-corrected chi connectivity index (χ0v) is 13.8. The number of hydrazone groups is 1. The highest BCUT2D eigenvalue weighted by Gasteiger charge is 2.35. The lowest BCUT2D eigenvalue weighted by atomic mass is 9.93. The lowest BCUT2D eigenvalue weighted by molar-refractivity contribution is -0.131. The molecule has 1 aromatic carbocycles. The van der Waals surface area contributed by atoms with E-state index in [9.17, 15) is 4.79 Å². The molecule has 24 heavy (non-hydrogen) atoms. The summed E-state index contributed by atoms with van der Waals surface area (Å²) < 4.78 is 10.5. The number of benzene rings is 1. The molecule has 3 rings (SSSR count). The third-order valence-electron chi connectivity index (χ3n) is 3.97. The van der Waals surface area contributed by atoms with Crippen molar-refractivity contribution in [2.45, 2.75) is 13.0 Å². The van der Waals surface area contributed by atoms with Crippen LogP contribution in [0.5, 0.6) is 11.5 Å². The van der Waals surface area contributed by atoms with Crippen LogP contribution in [0.15, 0.2) is 52.6 Å². The molecule has 124 valence electrons.